The van der Waals surface area contributed by atoms with E-state index >= 15 is 0 Å². The van der Waals surface area contributed by atoms with Crippen molar-refractivity contribution in [2.75, 3.05) is 0 Å². The van der Waals surface area contributed by atoms with Crippen LogP contribution in [0.2, 0.25) is 0 Å². The Morgan fingerprint density at radius 1 is 0.302 bits per heavy atom. The maximum Gasteiger partial charge on any atom is 0.164 e. The van der Waals surface area contributed by atoms with Crippen molar-refractivity contribution in [3.05, 3.63) is 212 Å². The van der Waals surface area contributed by atoms with Gasteiger partial charge < -0.3 is 13.6 Å². The first-order valence-electron chi connectivity index (χ1n) is 21.2. The minimum absolute atomic E-state index is 0.580. The molecular weight excluding hydrogens is 771 g/mol. The van der Waals surface area contributed by atoms with Crippen molar-refractivity contribution in [2.24, 2.45) is 0 Å². The number of hydrogen-bond donors (Lipinski definition) is 0. The van der Waals surface area contributed by atoms with Gasteiger partial charge in [-0.05, 0) is 83.9 Å². The minimum Gasteiger partial charge on any atom is -0.456 e. The molecule has 4 aromatic heterocycles. The quantitative estimate of drug-likeness (QED) is 0.168. The molecule has 0 radical (unpaired) electrons. The topological polar surface area (TPSA) is 61.7 Å². The molecule has 0 aliphatic heterocycles. The van der Waals surface area contributed by atoms with Crippen molar-refractivity contribution in [1.82, 2.24) is 24.1 Å². The Labute approximate surface area is 361 Å². The molecule has 0 amide bonds. The molecule has 0 saturated carbocycles. The predicted octanol–water partition coefficient (Wildman–Crippen LogP) is 14.6. The fourth-order valence-electron chi connectivity index (χ4n) is 9.59. The Kier molecular flexibility index (Phi) is 7.80. The largest absolute Gasteiger partial charge is 0.456 e. The average Bonchev–Trinajstić information content (AvgIpc) is 4.02. The van der Waals surface area contributed by atoms with Gasteiger partial charge in [0.25, 0.3) is 0 Å². The fourth-order valence-corrected chi connectivity index (χ4v) is 9.59. The zero-order valence-electron chi connectivity index (χ0n) is 33.9. The summed E-state index contributed by atoms with van der Waals surface area (Å²) in [7, 11) is 0. The van der Waals surface area contributed by atoms with Gasteiger partial charge in [0.2, 0.25) is 0 Å². The molecule has 0 atom stereocenters. The molecular formula is C57H35N5O. The van der Waals surface area contributed by atoms with E-state index in [1.807, 2.05) is 30.3 Å². The van der Waals surface area contributed by atoms with Crippen molar-refractivity contribution in [2.45, 2.75) is 0 Å². The van der Waals surface area contributed by atoms with Gasteiger partial charge in [-0.2, -0.15) is 0 Å². The van der Waals surface area contributed by atoms with Gasteiger partial charge in [-0.3, -0.25) is 0 Å². The summed E-state index contributed by atoms with van der Waals surface area (Å²) in [5.41, 5.74) is 13.3. The predicted molar refractivity (Wildman–Crippen MR) is 258 cm³/mol. The normalized spacial score (nSPS) is 11.8. The number of benzene rings is 9. The van der Waals surface area contributed by atoms with Crippen LogP contribution >= 0.6 is 0 Å². The lowest BCUT2D eigenvalue weighted by molar-refractivity contribution is 0.669. The lowest BCUT2D eigenvalue weighted by Crippen LogP contribution is -2.01. The van der Waals surface area contributed by atoms with Crippen LogP contribution in [0.25, 0.3) is 122 Å². The van der Waals surface area contributed by atoms with Gasteiger partial charge in [-0.25, -0.2) is 15.0 Å². The van der Waals surface area contributed by atoms with E-state index in [4.69, 9.17) is 19.4 Å². The Bertz CT molecular complexity index is 3900. The third kappa shape index (κ3) is 5.55. The van der Waals surface area contributed by atoms with Crippen molar-refractivity contribution in [1.29, 1.82) is 0 Å². The van der Waals surface area contributed by atoms with Gasteiger partial charge in [0.1, 0.15) is 11.2 Å². The van der Waals surface area contributed by atoms with E-state index in [1.54, 1.807) is 0 Å². The lowest BCUT2D eigenvalue weighted by atomic mass is 9.99. The van der Waals surface area contributed by atoms with E-state index in [9.17, 15) is 0 Å². The molecule has 0 saturated heterocycles. The highest BCUT2D eigenvalue weighted by molar-refractivity contribution is 6.16. The van der Waals surface area contributed by atoms with E-state index in [0.29, 0.717) is 17.5 Å². The van der Waals surface area contributed by atoms with Crippen LogP contribution < -0.4 is 0 Å². The summed E-state index contributed by atoms with van der Waals surface area (Å²) in [5, 5.41) is 6.61. The number of nitrogens with zero attached hydrogens (tertiary/aromatic N) is 5. The summed E-state index contributed by atoms with van der Waals surface area (Å²) in [4.78, 5) is 15.8. The highest BCUT2D eigenvalue weighted by atomic mass is 16.3. The van der Waals surface area contributed by atoms with E-state index in [1.165, 1.54) is 21.8 Å². The van der Waals surface area contributed by atoms with Crippen LogP contribution in [0.5, 0.6) is 0 Å². The molecule has 63 heavy (non-hydrogen) atoms. The van der Waals surface area contributed by atoms with Crippen LogP contribution in [-0.2, 0) is 0 Å². The maximum absolute atomic E-state index is 6.59. The molecule has 6 nitrogen and oxygen atoms in total. The van der Waals surface area contributed by atoms with E-state index in [0.717, 1.165) is 82.9 Å². The van der Waals surface area contributed by atoms with E-state index in [2.05, 4.69) is 191 Å². The van der Waals surface area contributed by atoms with Gasteiger partial charge in [0, 0.05) is 60.4 Å². The molecule has 0 bridgehead atoms. The van der Waals surface area contributed by atoms with Crippen LogP contribution in [-0.4, -0.2) is 24.1 Å². The fraction of sp³-hybridized carbons (Fsp3) is 0. The second-order valence-corrected chi connectivity index (χ2v) is 16.0. The number of hydrogen-bond acceptors (Lipinski definition) is 4. The van der Waals surface area contributed by atoms with Crippen molar-refractivity contribution >= 4 is 65.6 Å². The summed E-state index contributed by atoms with van der Waals surface area (Å²) in [6.07, 6.45) is 0. The second-order valence-electron chi connectivity index (χ2n) is 16.0. The molecule has 0 N–H and O–H groups in total. The summed E-state index contributed by atoms with van der Waals surface area (Å²) in [6, 6.07) is 74.3. The molecule has 6 heteroatoms. The molecule has 13 aromatic rings. The van der Waals surface area contributed by atoms with Crippen LogP contribution in [0.3, 0.4) is 0 Å². The van der Waals surface area contributed by atoms with Crippen LogP contribution in [0, 0.1) is 0 Å². The number of furan rings is 1. The molecule has 4 heterocycles. The molecule has 0 fully saturated rings. The summed E-state index contributed by atoms with van der Waals surface area (Å²) >= 11 is 0. The van der Waals surface area contributed by atoms with Crippen LogP contribution in [0.15, 0.2) is 217 Å². The van der Waals surface area contributed by atoms with Gasteiger partial charge in [0.15, 0.2) is 17.5 Å². The van der Waals surface area contributed by atoms with Gasteiger partial charge in [-0.15, -0.1) is 0 Å². The first kappa shape index (κ1) is 35.2. The van der Waals surface area contributed by atoms with Crippen molar-refractivity contribution in [3.8, 4) is 56.7 Å². The Hall–Kier alpha value is -8.61. The highest BCUT2D eigenvalue weighted by Gasteiger charge is 2.22. The summed E-state index contributed by atoms with van der Waals surface area (Å²) < 4.78 is 11.3. The molecule has 13 rings (SSSR count). The average molecular weight is 806 g/mol. The van der Waals surface area contributed by atoms with E-state index < -0.39 is 0 Å². The van der Waals surface area contributed by atoms with Crippen molar-refractivity contribution < 1.29 is 4.42 Å². The number of fused-ring (bicyclic) bond motifs is 9. The van der Waals surface area contributed by atoms with Gasteiger partial charge >= 0.3 is 0 Å². The minimum atomic E-state index is 0.580. The first-order valence-corrected chi connectivity index (χ1v) is 21.2. The van der Waals surface area contributed by atoms with Crippen LogP contribution in [0.1, 0.15) is 0 Å². The Morgan fingerprint density at radius 3 is 1.52 bits per heavy atom. The molecule has 9 aromatic carbocycles. The summed E-state index contributed by atoms with van der Waals surface area (Å²) in [6.45, 7) is 0. The van der Waals surface area contributed by atoms with Crippen molar-refractivity contribution in [3.63, 3.8) is 0 Å². The third-order valence-electron chi connectivity index (χ3n) is 12.4. The number of rotatable bonds is 6. The van der Waals surface area contributed by atoms with Crippen LogP contribution in [0.4, 0.5) is 0 Å². The monoisotopic (exact) mass is 805 g/mol. The molecule has 0 aliphatic carbocycles. The molecule has 0 spiro atoms. The third-order valence-corrected chi connectivity index (χ3v) is 12.4. The smallest absolute Gasteiger partial charge is 0.164 e. The second kappa shape index (κ2) is 14.0. The molecule has 0 unspecified atom stereocenters. The standard InChI is InChI=1S/C57H35N5O/c1-4-16-36(17-5-1)55-58-56(43-24-14-28-50-53(43)42-23-11-13-27-48(42)62(50)40-20-8-3-9-21-40)60-57(59-55)44-25-15-29-52-54(44)46-35-38(31-33-51(46)63-52)37-30-32-49-45(34-37)41-22-10-12-26-47(41)61(49)39-18-6-2-7-19-39/h1-35H. The number of aromatic nitrogens is 5. The lowest BCUT2D eigenvalue weighted by Gasteiger charge is -2.11. The Balaban J connectivity index is 1.01. The van der Waals surface area contributed by atoms with Gasteiger partial charge in [-0.1, -0.05) is 140 Å². The zero-order valence-corrected chi connectivity index (χ0v) is 33.9. The zero-order chi connectivity index (χ0) is 41.4. The summed E-state index contributed by atoms with van der Waals surface area (Å²) in [5.74, 6) is 1.79. The highest BCUT2D eigenvalue weighted by Crippen LogP contribution is 2.42. The maximum atomic E-state index is 6.59. The SMILES string of the molecule is c1ccc(-c2nc(-c3cccc4oc5ccc(-c6ccc7c(c6)c6ccccc6n7-c6ccccc6)cc5c34)nc(-c3cccc4c3c3ccccc3n4-c3ccccc3)n2)cc1. The van der Waals surface area contributed by atoms with Gasteiger partial charge in [0.05, 0.1) is 22.1 Å². The molecule has 294 valence electrons. The first-order chi connectivity index (χ1) is 31.2. The van der Waals surface area contributed by atoms with E-state index in [-0.39, 0.29) is 0 Å². The number of para-hydroxylation sites is 4. The molecule has 0 aliphatic rings. The Morgan fingerprint density at radius 2 is 0.810 bits per heavy atom.